The van der Waals surface area contributed by atoms with E-state index in [1.165, 1.54) is 12.8 Å². The van der Waals surface area contributed by atoms with Crippen LogP contribution in [0.4, 0.5) is 5.82 Å². The van der Waals surface area contributed by atoms with E-state index in [-0.39, 0.29) is 5.41 Å². The van der Waals surface area contributed by atoms with Gasteiger partial charge in [-0.05, 0) is 37.4 Å². The molecule has 0 aromatic carbocycles. The highest BCUT2D eigenvalue weighted by Crippen LogP contribution is 2.23. The first kappa shape index (κ1) is 13.3. The van der Waals surface area contributed by atoms with Crippen LogP contribution in [-0.2, 0) is 5.41 Å². The van der Waals surface area contributed by atoms with Crippen molar-refractivity contribution in [3.8, 4) is 0 Å². The number of hydrogen-bond donors (Lipinski definition) is 1. The maximum atomic E-state index is 5.76. The van der Waals surface area contributed by atoms with Gasteiger partial charge in [0.15, 0.2) is 5.82 Å². The zero-order valence-electron chi connectivity index (χ0n) is 11.7. The lowest BCUT2D eigenvalue weighted by Crippen LogP contribution is -2.39. The number of rotatable bonds is 2. The van der Waals surface area contributed by atoms with E-state index in [2.05, 4.69) is 48.0 Å². The van der Waals surface area contributed by atoms with Gasteiger partial charge in [-0.25, -0.2) is 0 Å². The van der Waals surface area contributed by atoms with Crippen molar-refractivity contribution in [1.82, 2.24) is 10.2 Å². The summed E-state index contributed by atoms with van der Waals surface area (Å²) in [5.74, 6) is 1.59. The van der Waals surface area contributed by atoms with Crippen molar-refractivity contribution in [3.63, 3.8) is 0 Å². The van der Waals surface area contributed by atoms with Gasteiger partial charge in [-0.15, -0.1) is 5.10 Å². The molecule has 1 aromatic heterocycles. The van der Waals surface area contributed by atoms with Gasteiger partial charge in [0.1, 0.15) is 0 Å². The second-order valence-corrected chi connectivity index (χ2v) is 6.22. The minimum atomic E-state index is 0.0627. The van der Waals surface area contributed by atoms with Crippen molar-refractivity contribution in [2.24, 2.45) is 11.7 Å². The topological polar surface area (TPSA) is 55.0 Å². The smallest absolute Gasteiger partial charge is 0.151 e. The molecule has 0 radical (unpaired) electrons. The predicted octanol–water partition coefficient (Wildman–Crippen LogP) is 1.95. The van der Waals surface area contributed by atoms with E-state index >= 15 is 0 Å². The van der Waals surface area contributed by atoms with E-state index in [1.807, 2.05) is 0 Å². The molecule has 1 aliphatic heterocycles. The Kier molecular flexibility index (Phi) is 3.85. The van der Waals surface area contributed by atoms with Crippen LogP contribution < -0.4 is 10.6 Å². The van der Waals surface area contributed by atoms with Gasteiger partial charge >= 0.3 is 0 Å². The third-order valence-corrected chi connectivity index (χ3v) is 3.60. The Morgan fingerprint density at radius 3 is 2.67 bits per heavy atom. The summed E-state index contributed by atoms with van der Waals surface area (Å²) in [6, 6.07) is 4.18. The summed E-state index contributed by atoms with van der Waals surface area (Å²) in [6.07, 6.45) is 2.44. The molecule has 4 heteroatoms. The van der Waals surface area contributed by atoms with E-state index in [0.29, 0.717) is 5.92 Å². The summed E-state index contributed by atoms with van der Waals surface area (Å²) in [5.41, 5.74) is 6.87. The molecule has 1 fully saturated rings. The summed E-state index contributed by atoms with van der Waals surface area (Å²) in [5, 5.41) is 8.73. The van der Waals surface area contributed by atoms with Crippen molar-refractivity contribution >= 4 is 5.82 Å². The van der Waals surface area contributed by atoms with Crippen LogP contribution >= 0.6 is 0 Å². The number of nitrogens with two attached hydrogens (primary N) is 1. The third kappa shape index (κ3) is 2.99. The highest BCUT2D eigenvalue weighted by molar-refractivity contribution is 5.38. The maximum Gasteiger partial charge on any atom is 0.151 e. The van der Waals surface area contributed by atoms with Crippen molar-refractivity contribution in [1.29, 1.82) is 0 Å². The van der Waals surface area contributed by atoms with Crippen LogP contribution in [0.2, 0.25) is 0 Å². The molecule has 2 heterocycles. The lowest BCUT2D eigenvalue weighted by atomic mass is 9.92. The zero-order chi connectivity index (χ0) is 13.2. The summed E-state index contributed by atoms with van der Waals surface area (Å²) in [4.78, 5) is 2.31. The normalized spacial score (nSPS) is 21.1. The Labute approximate surface area is 110 Å². The fourth-order valence-corrected chi connectivity index (χ4v) is 2.36. The van der Waals surface area contributed by atoms with E-state index in [9.17, 15) is 0 Å². The van der Waals surface area contributed by atoms with Crippen LogP contribution in [0.25, 0.3) is 0 Å². The first-order chi connectivity index (χ1) is 8.50. The van der Waals surface area contributed by atoms with Crippen LogP contribution in [0.15, 0.2) is 12.1 Å². The second-order valence-electron chi connectivity index (χ2n) is 6.22. The Bertz CT molecular complexity index is 380. The van der Waals surface area contributed by atoms with E-state index in [4.69, 9.17) is 5.73 Å². The molecule has 1 aliphatic rings. The molecule has 100 valence electrons. The first-order valence-corrected chi connectivity index (χ1v) is 6.80. The van der Waals surface area contributed by atoms with E-state index in [1.54, 1.807) is 0 Å². The second kappa shape index (κ2) is 5.22. The molecule has 4 nitrogen and oxygen atoms in total. The maximum absolute atomic E-state index is 5.76. The Morgan fingerprint density at radius 1 is 1.33 bits per heavy atom. The monoisotopic (exact) mass is 248 g/mol. The highest BCUT2D eigenvalue weighted by atomic mass is 15.3. The van der Waals surface area contributed by atoms with Crippen LogP contribution in [0, 0.1) is 5.92 Å². The minimum Gasteiger partial charge on any atom is -0.355 e. The average molecular weight is 248 g/mol. The zero-order valence-corrected chi connectivity index (χ0v) is 11.7. The third-order valence-electron chi connectivity index (χ3n) is 3.60. The van der Waals surface area contributed by atoms with Gasteiger partial charge in [0.2, 0.25) is 0 Å². The van der Waals surface area contributed by atoms with Crippen LogP contribution in [-0.4, -0.2) is 29.8 Å². The molecule has 0 spiro atoms. The molecular weight excluding hydrogens is 224 g/mol. The number of anilines is 1. The number of aromatic nitrogens is 2. The van der Waals surface area contributed by atoms with Gasteiger partial charge in [0, 0.05) is 18.5 Å². The molecule has 0 amide bonds. The number of piperidine rings is 1. The molecule has 2 N–H and O–H groups in total. The van der Waals surface area contributed by atoms with Gasteiger partial charge in [0.25, 0.3) is 0 Å². The van der Waals surface area contributed by atoms with Crippen molar-refractivity contribution in [2.45, 2.75) is 39.0 Å². The standard InChI is InChI=1S/C14H24N4/c1-14(2,3)12-6-7-13(17-16-12)18-8-4-5-11(9-15)10-18/h6-7,11H,4-5,8-10,15H2,1-3H3. The predicted molar refractivity (Wildman–Crippen MR) is 74.7 cm³/mol. The minimum absolute atomic E-state index is 0.0627. The molecule has 0 saturated carbocycles. The van der Waals surface area contributed by atoms with Gasteiger partial charge < -0.3 is 10.6 Å². The molecule has 0 bridgehead atoms. The molecule has 0 aliphatic carbocycles. The van der Waals surface area contributed by atoms with Gasteiger partial charge in [-0.1, -0.05) is 20.8 Å². The molecule has 1 aromatic rings. The summed E-state index contributed by atoms with van der Waals surface area (Å²) < 4.78 is 0. The molecule has 1 saturated heterocycles. The molecular formula is C14H24N4. The van der Waals surface area contributed by atoms with Crippen LogP contribution in [0.3, 0.4) is 0 Å². The highest BCUT2D eigenvalue weighted by Gasteiger charge is 2.21. The van der Waals surface area contributed by atoms with Gasteiger partial charge in [-0.3, -0.25) is 0 Å². The molecule has 2 rings (SSSR count). The summed E-state index contributed by atoms with van der Waals surface area (Å²) in [7, 11) is 0. The summed E-state index contributed by atoms with van der Waals surface area (Å²) >= 11 is 0. The van der Waals surface area contributed by atoms with Crippen molar-refractivity contribution < 1.29 is 0 Å². The molecule has 1 atom stereocenters. The fraction of sp³-hybridized carbons (Fsp3) is 0.714. The van der Waals surface area contributed by atoms with Crippen molar-refractivity contribution in [3.05, 3.63) is 17.8 Å². The SMILES string of the molecule is CC(C)(C)c1ccc(N2CCCC(CN)C2)nn1. The lowest BCUT2D eigenvalue weighted by molar-refractivity contribution is 0.420. The van der Waals surface area contributed by atoms with Crippen LogP contribution in [0.1, 0.15) is 39.3 Å². The largest absolute Gasteiger partial charge is 0.355 e. The average Bonchev–Trinajstić information content (AvgIpc) is 2.38. The van der Waals surface area contributed by atoms with E-state index < -0.39 is 0 Å². The fourth-order valence-electron chi connectivity index (χ4n) is 2.36. The Hall–Kier alpha value is -1.16. The van der Waals surface area contributed by atoms with E-state index in [0.717, 1.165) is 31.1 Å². The van der Waals surface area contributed by atoms with Crippen LogP contribution in [0.5, 0.6) is 0 Å². The first-order valence-electron chi connectivity index (χ1n) is 6.80. The van der Waals surface area contributed by atoms with Gasteiger partial charge in [-0.2, -0.15) is 5.10 Å². The lowest BCUT2D eigenvalue weighted by Gasteiger charge is -2.32. The van der Waals surface area contributed by atoms with Gasteiger partial charge in [0.05, 0.1) is 5.69 Å². The Morgan fingerprint density at radius 2 is 2.11 bits per heavy atom. The number of hydrogen-bond acceptors (Lipinski definition) is 4. The summed E-state index contributed by atoms with van der Waals surface area (Å²) in [6.45, 7) is 9.32. The quantitative estimate of drug-likeness (QED) is 0.869. The Balaban J connectivity index is 2.09. The number of nitrogens with zero attached hydrogens (tertiary/aromatic N) is 3. The molecule has 1 unspecified atom stereocenters. The van der Waals surface area contributed by atoms with Crippen molar-refractivity contribution in [2.75, 3.05) is 24.5 Å². The molecule has 18 heavy (non-hydrogen) atoms.